The lowest BCUT2D eigenvalue weighted by molar-refractivity contribution is 0.134. The fraction of sp³-hybridized carbons (Fsp3) is 0.667. The Labute approximate surface area is 134 Å². The summed E-state index contributed by atoms with van der Waals surface area (Å²) in [5.74, 6) is 0.779. The molecule has 1 saturated heterocycles. The first-order valence-corrected chi connectivity index (χ1v) is 8.21. The predicted octanol–water partition coefficient (Wildman–Crippen LogP) is 2.32. The van der Waals surface area contributed by atoms with E-state index in [2.05, 4.69) is 43.1 Å². The van der Waals surface area contributed by atoms with Crippen molar-refractivity contribution in [2.24, 2.45) is 0 Å². The van der Waals surface area contributed by atoms with Gasteiger partial charge in [-0.2, -0.15) is 0 Å². The molecule has 1 aliphatic heterocycles. The average molecular weight is 306 g/mol. The van der Waals surface area contributed by atoms with E-state index in [0.717, 1.165) is 50.5 Å². The van der Waals surface area contributed by atoms with E-state index in [9.17, 15) is 5.11 Å². The summed E-state index contributed by atoms with van der Waals surface area (Å²) in [6, 6.07) is 6.16. The molecule has 22 heavy (non-hydrogen) atoms. The van der Waals surface area contributed by atoms with Gasteiger partial charge >= 0.3 is 0 Å². The standard InChI is InChI=1S/C18H30N2O2/c1-18(2,3)14-5-6-17(22-4)15(13-14)16(21)7-10-20-11-8-19-9-12-20/h5-6,13,16,19,21H,7-12H2,1-4H3. The number of aliphatic hydroxyl groups is 1. The zero-order valence-corrected chi connectivity index (χ0v) is 14.4. The topological polar surface area (TPSA) is 44.7 Å². The molecule has 1 aliphatic rings. The molecule has 4 heteroatoms. The van der Waals surface area contributed by atoms with E-state index >= 15 is 0 Å². The largest absolute Gasteiger partial charge is 0.496 e. The second-order valence-corrected chi connectivity index (χ2v) is 7.10. The van der Waals surface area contributed by atoms with Gasteiger partial charge in [-0.1, -0.05) is 26.8 Å². The highest BCUT2D eigenvalue weighted by Gasteiger charge is 2.20. The number of ether oxygens (including phenoxy) is 1. The quantitative estimate of drug-likeness (QED) is 0.876. The van der Waals surface area contributed by atoms with Crippen LogP contribution in [0.2, 0.25) is 0 Å². The molecule has 2 N–H and O–H groups in total. The molecule has 0 amide bonds. The molecule has 1 unspecified atom stereocenters. The molecule has 4 nitrogen and oxygen atoms in total. The normalized spacial score (nSPS) is 18.2. The molecule has 0 aliphatic carbocycles. The Bertz CT molecular complexity index is 476. The summed E-state index contributed by atoms with van der Waals surface area (Å²) in [6.45, 7) is 11.7. The van der Waals surface area contributed by atoms with Gasteiger partial charge in [-0.05, 0) is 29.5 Å². The van der Waals surface area contributed by atoms with Crippen molar-refractivity contribution in [1.29, 1.82) is 0 Å². The number of piperazine rings is 1. The minimum absolute atomic E-state index is 0.0687. The first kappa shape index (κ1) is 17.3. The van der Waals surface area contributed by atoms with Gasteiger partial charge in [0.1, 0.15) is 5.75 Å². The Kier molecular flexibility index (Phi) is 5.84. The maximum Gasteiger partial charge on any atom is 0.124 e. The van der Waals surface area contributed by atoms with E-state index < -0.39 is 6.10 Å². The lowest BCUT2D eigenvalue weighted by Crippen LogP contribution is -2.44. The predicted molar refractivity (Wildman–Crippen MR) is 90.6 cm³/mol. The summed E-state index contributed by atoms with van der Waals surface area (Å²) in [5.41, 5.74) is 2.20. The summed E-state index contributed by atoms with van der Waals surface area (Å²) >= 11 is 0. The van der Waals surface area contributed by atoms with Crippen LogP contribution >= 0.6 is 0 Å². The van der Waals surface area contributed by atoms with Crippen molar-refractivity contribution in [3.8, 4) is 5.75 Å². The third-order valence-corrected chi connectivity index (χ3v) is 4.38. The molecular weight excluding hydrogens is 276 g/mol. The van der Waals surface area contributed by atoms with E-state index in [4.69, 9.17) is 4.74 Å². The van der Waals surface area contributed by atoms with Crippen molar-refractivity contribution >= 4 is 0 Å². The first-order chi connectivity index (χ1) is 10.4. The van der Waals surface area contributed by atoms with Crippen LogP contribution in [-0.4, -0.2) is 49.8 Å². The second kappa shape index (κ2) is 7.44. The summed E-state index contributed by atoms with van der Waals surface area (Å²) in [6.07, 6.45) is 0.261. The van der Waals surface area contributed by atoms with Crippen molar-refractivity contribution in [2.75, 3.05) is 39.8 Å². The number of nitrogens with one attached hydrogen (secondary N) is 1. The van der Waals surface area contributed by atoms with Gasteiger partial charge in [0, 0.05) is 38.3 Å². The first-order valence-electron chi connectivity index (χ1n) is 8.21. The molecule has 1 aromatic rings. The van der Waals surface area contributed by atoms with Crippen molar-refractivity contribution in [1.82, 2.24) is 10.2 Å². The number of benzene rings is 1. The smallest absolute Gasteiger partial charge is 0.124 e. The van der Waals surface area contributed by atoms with E-state index in [1.807, 2.05) is 6.07 Å². The van der Waals surface area contributed by atoms with Crippen LogP contribution in [-0.2, 0) is 5.41 Å². The fourth-order valence-electron chi connectivity index (χ4n) is 2.86. The lowest BCUT2D eigenvalue weighted by atomic mass is 9.85. The number of nitrogens with zero attached hydrogens (tertiary/aromatic N) is 1. The van der Waals surface area contributed by atoms with Crippen LogP contribution in [0.4, 0.5) is 0 Å². The maximum absolute atomic E-state index is 10.6. The monoisotopic (exact) mass is 306 g/mol. The van der Waals surface area contributed by atoms with Gasteiger partial charge in [0.2, 0.25) is 0 Å². The van der Waals surface area contributed by atoms with Gasteiger partial charge in [-0.25, -0.2) is 0 Å². The van der Waals surface area contributed by atoms with Gasteiger partial charge in [0.05, 0.1) is 13.2 Å². The van der Waals surface area contributed by atoms with Gasteiger partial charge < -0.3 is 20.1 Å². The molecule has 1 aromatic carbocycles. The Morgan fingerprint density at radius 1 is 1.27 bits per heavy atom. The van der Waals surface area contributed by atoms with Crippen LogP contribution in [0.5, 0.6) is 5.75 Å². The summed E-state index contributed by atoms with van der Waals surface area (Å²) in [4.78, 5) is 2.40. The van der Waals surface area contributed by atoms with Crippen LogP contribution in [0.25, 0.3) is 0 Å². The number of aliphatic hydroxyl groups excluding tert-OH is 1. The molecule has 0 radical (unpaired) electrons. The molecule has 0 saturated carbocycles. The van der Waals surface area contributed by atoms with Crippen LogP contribution in [0.15, 0.2) is 18.2 Å². The van der Waals surface area contributed by atoms with Crippen LogP contribution in [0.1, 0.15) is 44.4 Å². The third kappa shape index (κ3) is 4.45. The average Bonchev–Trinajstić information content (AvgIpc) is 2.52. The van der Waals surface area contributed by atoms with Crippen molar-refractivity contribution < 1.29 is 9.84 Å². The molecule has 0 aromatic heterocycles. The fourth-order valence-corrected chi connectivity index (χ4v) is 2.86. The SMILES string of the molecule is COc1ccc(C(C)(C)C)cc1C(O)CCN1CCNCC1. The van der Waals surface area contributed by atoms with E-state index in [-0.39, 0.29) is 5.41 Å². The third-order valence-electron chi connectivity index (χ3n) is 4.38. The van der Waals surface area contributed by atoms with Crippen LogP contribution in [0.3, 0.4) is 0 Å². The zero-order valence-electron chi connectivity index (χ0n) is 14.4. The number of hydrogen-bond donors (Lipinski definition) is 2. The molecule has 1 atom stereocenters. The minimum Gasteiger partial charge on any atom is -0.496 e. The number of methoxy groups -OCH3 is 1. The van der Waals surface area contributed by atoms with Crippen LogP contribution in [0, 0.1) is 0 Å². The minimum atomic E-state index is -0.480. The molecule has 1 fully saturated rings. The van der Waals surface area contributed by atoms with Crippen molar-refractivity contribution in [3.63, 3.8) is 0 Å². The Morgan fingerprint density at radius 3 is 2.55 bits per heavy atom. The highest BCUT2D eigenvalue weighted by atomic mass is 16.5. The lowest BCUT2D eigenvalue weighted by Gasteiger charge is -2.28. The zero-order chi connectivity index (χ0) is 16.2. The molecule has 0 spiro atoms. The molecule has 124 valence electrons. The van der Waals surface area contributed by atoms with Crippen molar-refractivity contribution in [3.05, 3.63) is 29.3 Å². The van der Waals surface area contributed by atoms with E-state index in [0.29, 0.717) is 0 Å². The highest BCUT2D eigenvalue weighted by Crippen LogP contribution is 2.32. The second-order valence-electron chi connectivity index (χ2n) is 7.10. The molecule has 2 rings (SSSR count). The molecule has 0 bridgehead atoms. The summed E-state index contributed by atoms with van der Waals surface area (Å²) in [7, 11) is 1.67. The van der Waals surface area contributed by atoms with Gasteiger partial charge in [0.15, 0.2) is 0 Å². The Hall–Kier alpha value is -1.10. The maximum atomic E-state index is 10.6. The van der Waals surface area contributed by atoms with E-state index in [1.54, 1.807) is 7.11 Å². The Morgan fingerprint density at radius 2 is 1.95 bits per heavy atom. The van der Waals surface area contributed by atoms with Gasteiger partial charge in [-0.3, -0.25) is 0 Å². The van der Waals surface area contributed by atoms with Gasteiger partial charge in [-0.15, -0.1) is 0 Å². The summed E-state index contributed by atoms with van der Waals surface area (Å²) in [5, 5.41) is 14.0. The highest BCUT2D eigenvalue weighted by molar-refractivity contribution is 5.41. The summed E-state index contributed by atoms with van der Waals surface area (Å²) < 4.78 is 5.44. The molecular formula is C18H30N2O2. The van der Waals surface area contributed by atoms with Crippen molar-refractivity contribution in [2.45, 2.75) is 38.7 Å². The Balaban J connectivity index is 2.07. The van der Waals surface area contributed by atoms with Crippen LogP contribution < -0.4 is 10.1 Å². The number of hydrogen-bond acceptors (Lipinski definition) is 4. The van der Waals surface area contributed by atoms with Gasteiger partial charge in [0.25, 0.3) is 0 Å². The van der Waals surface area contributed by atoms with E-state index in [1.165, 1.54) is 5.56 Å². The number of rotatable bonds is 5. The molecule has 1 heterocycles.